The van der Waals surface area contributed by atoms with Crippen LogP contribution in [0.5, 0.6) is 0 Å². The van der Waals surface area contributed by atoms with Crippen LogP contribution >= 0.6 is 12.6 Å². The fourth-order valence-corrected chi connectivity index (χ4v) is 4.92. The lowest BCUT2D eigenvalue weighted by molar-refractivity contribution is 0.0979. The Labute approximate surface area is 166 Å². The average Bonchev–Trinajstić information content (AvgIpc) is 2.65. The van der Waals surface area contributed by atoms with Crippen molar-refractivity contribution in [3.63, 3.8) is 0 Å². The summed E-state index contributed by atoms with van der Waals surface area (Å²) in [7, 11) is -4.81. The topological polar surface area (TPSA) is 115 Å². The van der Waals surface area contributed by atoms with Gasteiger partial charge in [-0.25, -0.2) is 0 Å². The average molecular weight is 411 g/mol. The summed E-state index contributed by atoms with van der Waals surface area (Å²) in [5.74, 6) is -1.05. The molecule has 0 aromatic heterocycles. The number of fused-ring (bicyclic) bond motifs is 2. The number of benzene rings is 3. The standard InChI is InChI=1S/C20H13NO5S2/c21-16-15-14(17(22)11-8-4-5-9-12(11)18(15)23)13(10-6-2-1-3-7-10)19(27)20(16)28(24,25)26/h1-9,27H,21H2,(H,24,25,26). The number of hydrogen-bond donors (Lipinski definition) is 3. The van der Waals surface area contributed by atoms with Gasteiger partial charge in [0, 0.05) is 27.1 Å². The third-order valence-electron chi connectivity index (χ3n) is 4.66. The summed E-state index contributed by atoms with van der Waals surface area (Å²) >= 11 is 4.28. The molecule has 0 bridgehead atoms. The van der Waals surface area contributed by atoms with Crippen LogP contribution in [0.2, 0.25) is 0 Å². The van der Waals surface area contributed by atoms with E-state index in [-0.39, 0.29) is 32.7 Å². The summed E-state index contributed by atoms with van der Waals surface area (Å²) in [5.41, 5.74) is 6.15. The minimum atomic E-state index is -4.81. The summed E-state index contributed by atoms with van der Waals surface area (Å²) in [4.78, 5) is 25.5. The first-order chi connectivity index (χ1) is 13.2. The maximum absolute atomic E-state index is 13.3. The van der Waals surface area contributed by atoms with Gasteiger partial charge in [0.05, 0.1) is 11.3 Å². The Balaban J connectivity index is 2.23. The number of thiol groups is 1. The lowest BCUT2D eigenvalue weighted by Gasteiger charge is -2.25. The van der Waals surface area contributed by atoms with Gasteiger partial charge in [0.15, 0.2) is 11.6 Å². The number of nitrogen functional groups attached to an aromatic ring is 1. The van der Waals surface area contributed by atoms with Gasteiger partial charge in [0.25, 0.3) is 10.1 Å². The summed E-state index contributed by atoms with van der Waals surface area (Å²) in [5, 5.41) is 0. The van der Waals surface area contributed by atoms with E-state index in [1.165, 1.54) is 12.1 Å². The largest absolute Gasteiger partial charge is 0.397 e. The first-order valence-electron chi connectivity index (χ1n) is 8.13. The van der Waals surface area contributed by atoms with Crippen LogP contribution in [0.25, 0.3) is 11.1 Å². The highest BCUT2D eigenvalue weighted by molar-refractivity contribution is 7.87. The molecule has 0 amide bonds. The fraction of sp³-hybridized carbons (Fsp3) is 0. The first kappa shape index (κ1) is 18.4. The Hall–Kier alpha value is -2.94. The zero-order valence-electron chi connectivity index (χ0n) is 14.2. The molecule has 8 heteroatoms. The Kier molecular flexibility index (Phi) is 4.15. The second-order valence-electron chi connectivity index (χ2n) is 6.26. The molecule has 28 heavy (non-hydrogen) atoms. The third kappa shape index (κ3) is 2.57. The zero-order valence-corrected chi connectivity index (χ0v) is 15.9. The van der Waals surface area contributed by atoms with Crippen LogP contribution in [0.1, 0.15) is 31.8 Å². The van der Waals surface area contributed by atoms with E-state index in [9.17, 15) is 22.6 Å². The molecular formula is C20H13NO5S2. The van der Waals surface area contributed by atoms with E-state index in [1.807, 2.05) is 0 Å². The van der Waals surface area contributed by atoms with E-state index in [4.69, 9.17) is 5.73 Å². The zero-order chi connectivity index (χ0) is 20.2. The van der Waals surface area contributed by atoms with E-state index in [2.05, 4.69) is 12.6 Å². The van der Waals surface area contributed by atoms with Gasteiger partial charge in [0.1, 0.15) is 4.90 Å². The van der Waals surface area contributed by atoms with Crippen molar-refractivity contribution in [1.82, 2.24) is 0 Å². The van der Waals surface area contributed by atoms with Crippen LogP contribution in [-0.4, -0.2) is 24.5 Å². The van der Waals surface area contributed by atoms with E-state index in [0.717, 1.165) is 0 Å². The van der Waals surface area contributed by atoms with Crippen molar-refractivity contribution >= 4 is 40.0 Å². The van der Waals surface area contributed by atoms with Gasteiger partial charge in [-0.1, -0.05) is 54.6 Å². The molecule has 0 fully saturated rings. The Morgan fingerprint density at radius 2 is 1.29 bits per heavy atom. The Morgan fingerprint density at radius 3 is 1.82 bits per heavy atom. The quantitative estimate of drug-likeness (QED) is 0.265. The number of ketones is 2. The molecule has 0 atom stereocenters. The van der Waals surface area contributed by atoms with Crippen molar-refractivity contribution in [1.29, 1.82) is 0 Å². The number of rotatable bonds is 2. The first-order valence-corrected chi connectivity index (χ1v) is 10.0. The van der Waals surface area contributed by atoms with Crippen molar-refractivity contribution in [3.8, 4) is 11.1 Å². The Morgan fingerprint density at radius 1 is 0.786 bits per heavy atom. The summed E-state index contributed by atoms with van der Waals surface area (Å²) in [6.45, 7) is 0. The highest BCUT2D eigenvalue weighted by Crippen LogP contribution is 2.45. The molecule has 3 aromatic carbocycles. The number of nitrogens with two attached hydrogens (primary N) is 1. The van der Waals surface area contributed by atoms with Crippen LogP contribution < -0.4 is 5.73 Å². The van der Waals surface area contributed by atoms with Gasteiger partial charge < -0.3 is 5.73 Å². The molecule has 1 aliphatic carbocycles. The van der Waals surface area contributed by atoms with Gasteiger partial charge in [-0.3, -0.25) is 14.1 Å². The van der Waals surface area contributed by atoms with Crippen molar-refractivity contribution < 1.29 is 22.6 Å². The van der Waals surface area contributed by atoms with E-state index >= 15 is 0 Å². The van der Waals surface area contributed by atoms with E-state index in [0.29, 0.717) is 5.56 Å². The molecule has 0 spiro atoms. The molecule has 4 rings (SSSR count). The van der Waals surface area contributed by atoms with Gasteiger partial charge >= 0.3 is 0 Å². The van der Waals surface area contributed by atoms with Gasteiger partial charge in [0.2, 0.25) is 0 Å². The van der Waals surface area contributed by atoms with Crippen LogP contribution in [0, 0.1) is 0 Å². The van der Waals surface area contributed by atoms with Crippen LogP contribution in [0.3, 0.4) is 0 Å². The van der Waals surface area contributed by atoms with Crippen molar-refractivity contribution in [2.75, 3.05) is 5.73 Å². The predicted molar refractivity (Wildman–Crippen MR) is 107 cm³/mol. The number of hydrogen-bond acceptors (Lipinski definition) is 6. The van der Waals surface area contributed by atoms with Crippen molar-refractivity contribution in [2.45, 2.75) is 9.79 Å². The minimum absolute atomic E-state index is 0.0233. The van der Waals surface area contributed by atoms with Gasteiger partial charge in [-0.05, 0) is 5.56 Å². The van der Waals surface area contributed by atoms with Crippen LogP contribution in [0.15, 0.2) is 64.4 Å². The fourth-order valence-electron chi connectivity index (χ4n) is 3.49. The van der Waals surface area contributed by atoms with Crippen LogP contribution in [0.4, 0.5) is 5.69 Å². The lowest BCUT2D eigenvalue weighted by Crippen LogP contribution is -2.25. The van der Waals surface area contributed by atoms with Gasteiger partial charge in [-0.15, -0.1) is 12.6 Å². The minimum Gasteiger partial charge on any atom is -0.397 e. The highest BCUT2D eigenvalue weighted by atomic mass is 32.2. The number of anilines is 1. The highest BCUT2D eigenvalue weighted by Gasteiger charge is 2.38. The summed E-state index contributed by atoms with van der Waals surface area (Å²) < 4.78 is 33.7. The summed E-state index contributed by atoms with van der Waals surface area (Å²) in [6, 6.07) is 14.7. The smallest absolute Gasteiger partial charge is 0.297 e. The molecule has 140 valence electrons. The Bertz CT molecular complexity index is 1280. The molecule has 0 aliphatic heterocycles. The second-order valence-corrected chi connectivity index (χ2v) is 8.07. The van der Waals surface area contributed by atoms with E-state index in [1.54, 1.807) is 42.5 Å². The second kappa shape index (κ2) is 6.30. The summed E-state index contributed by atoms with van der Waals surface area (Å²) in [6.07, 6.45) is 0. The number of carbonyl (C=O) groups is 2. The molecule has 1 aliphatic rings. The van der Waals surface area contributed by atoms with E-state index < -0.39 is 32.3 Å². The van der Waals surface area contributed by atoms with Crippen LogP contribution in [-0.2, 0) is 10.1 Å². The maximum atomic E-state index is 13.3. The molecule has 6 nitrogen and oxygen atoms in total. The molecule has 3 N–H and O–H groups in total. The van der Waals surface area contributed by atoms with Crippen molar-refractivity contribution in [2.24, 2.45) is 0 Å². The normalized spacial score (nSPS) is 13.2. The molecule has 0 radical (unpaired) electrons. The SMILES string of the molecule is Nc1c2c(c(-c3ccccc3)c(S)c1S(=O)(=O)O)C(=O)c1ccccc1C2=O. The molecule has 0 heterocycles. The van der Waals surface area contributed by atoms with Gasteiger partial charge in [-0.2, -0.15) is 8.42 Å². The molecule has 3 aromatic rings. The monoisotopic (exact) mass is 411 g/mol. The predicted octanol–water partition coefficient (Wildman–Crippen LogP) is 3.25. The third-order valence-corrected chi connectivity index (χ3v) is 6.20. The molecular weight excluding hydrogens is 398 g/mol. The van der Waals surface area contributed by atoms with Crippen molar-refractivity contribution in [3.05, 3.63) is 76.9 Å². The molecule has 0 unspecified atom stereocenters. The molecule has 0 saturated heterocycles. The molecule has 0 saturated carbocycles. The lowest BCUT2D eigenvalue weighted by atomic mass is 9.79. The maximum Gasteiger partial charge on any atom is 0.297 e. The number of carbonyl (C=O) groups excluding carboxylic acids is 2.